The van der Waals surface area contributed by atoms with Crippen molar-refractivity contribution in [3.05, 3.63) is 95.9 Å². The van der Waals surface area contributed by atoms with E-state index in [2.05, 4.69) is 16.9 Å². The summed E-state index contributed by atoms with van der Waals surface area (Å²) in [6.45, 7) is 5.60. The number of aromatic nitrogens is 1. The van der Waals surface area contributed by atoms with Crippen LogP contribution in [0.15, 0.2) is 73.3 Å². The molecule has 1 amide bonds. The van der Waals surface area contributed by atoms with Gasteiger partial charge in [-0.05, 0) is 66.3 Å². The second-order valence-electron chi connectivity index (χ2n) is 8.42. The van der Waals surface area contributed by atoms with Gasteiger partial charge in [-0.2, -0.15) is 13.2 Å². The SMILES string of the molecule is C=C(c1cc(C(CCC)CCNC(=O)OCc2ccccc2)cc(-c2ccc(F)cc2)n1)C(F)(F)F. The number of carbonyl (C=O) groups excluding carboxylic acids is 1. The van der Waals surface area contributed by atoms with E-state index in [9.17, 15) is 22.4 Å². The number of allylic oxidation sites excluding steroid dienone is 1. The van der Waals surface area contributed by atoms with E-state index in [1.54, 1.807) is 6.07 Å². The van der Waals surface area contributed by atoms with Gasteiger partial charge in [0.15, 0.2) is 0 Å². The summed E-state index contributed by atoms with van der Waals surface area (Å²) in [5.74, 6) is -0.602. The van der Waals surface area contributed by atoms with Crippen LogP contribution in [0.5, 0.6) is 0 Å². The highest BCUT2D eigenvalue weighted by molar-refractivity contribution is 5.69. The highest BCUT2D eigenvalue weighted by Gasteiger charge is 2.34. The van der Waals surface area contributed by atoms with Crippen LogP contribution in [0.4, 0.5) is 22.4 Å². The monoisotopic (exact) mass is 500 g/mol. The number of carbonyl (C=O) groups is 1. The lowest BCUT2D eigenvalue weighted by Gasteiger charge is -2.20. The maximum Gasteiger partial charge on any atom is 0.417 e. The molecule has 190 valence electrons. The summed E-state index contributed by atoms with van der Waals surface area (Å²) < 4.78 is 58.9. The van der Waals surface area contributed by atoms with Crippen LogP contribution < -0.4 is 5.32 Å². The van der Waals surface area contributed by atoms with Gasteiger partial charge in [-0.15, -0.1) is 0 Å². The Kier molecular flexibility index (Phi) is 9.22. The molecule has 0 saturated carbocycles. The molecule has 4 nitrogen and oxygen atoms in total. The molecular weight excluding hydrogens is 472 g/mol. The van der Waals surface area contributed by atoms with Crippen molar-refractivity contribution in [2.75, 3.05) is 6.54 Å². The number of alkyl carbamates (subject to hydrolysis) is 1. The number of halogens is 4. The number of nitrogens with zero attached hydrogens (tertiary/aromatic N) is 1. The molecule has 0 radical (unpaired) electrons. The zero-order chi connectivity index (χ0) is 26.1. The van der Waals surface area contributed by atoms with Crippen LogP contribution in [-0.4, -0.2) is 23.8 Å². The number of nitrogens with one attached hydrogen (secondary N) is 1. The van der Waals surface area contributed by atoms with Gasteiger partial charge in [0.25, 0.3) is 0 Å². The molecule has 3 aromatic rings. The van der Waals surface area contributed by atoms with E-state index in [0.717, 1.165) is 12.0 Å². The molecule has 1 atom stereocenters. The second kappa shape index (κ2) is 12.3. The van der Waals surface area contributed by atoms with Gasteiger partial charge in [0.1, 0.15) is 12.4 Å². The molecule has 0 aliphatic rings. The molecule has 0 spiro atoms. The zero-order valence-electron chi connectivity index (χ0n) is 19.9. The quantitative estimate of drug-likeness (QED) is 0.291. The fourth-order valence-electron chi connectivity index (χ4n) is 3.80. The van der Waals surface area contributed by atoms with Crippen LogP contribution in [0.25, 0.3) is 16.8 Å². The van der Waals surface area contributed by atoms with Gasteiger partial charge in [0.2, 0.25) is 0 Å². The lowest BCUT2D eigenvalue weighted by atomic mass is 9.89. The summed E-state index contributed by atoms with van der Waals surface area (Å²) in [4.78, 5) is 16.3. The molecule has 1 N–H and O–H groups in total. The summed E-state index contributed by atoms with van der Waals surface area (Å²) >= 11 is 0. The topological polar surface area (TPSA) is 51.2 Å². The minimum absolute atomic E-state index is 0.138. The predicted octanol–water partition coefficient (Wildman–Crippen LogP) is 7.66. The molecule has 0 fully saturated rings. The van der Waals surface area contributed by atoms with E-state index in [-0.39, 0.29) is 24.8 Å². The van der Waals surface area contributed by atoms with Crippen LogP contribution in [0, 0.1) is 5.82 Å². The molecule has 0 bridgehead atoms. The minimum atomic E-state index is -4.64. The average Bonchev–Trinajstić information content (AvgIpc) is 2.86. The Hall–Kier alpha value is -3.68. The van der Waals surface area contributed by atoms with Crippen molar-refractivity contribution < 1.29 is 27.1 Å². The lowest BCUT2D eigenvalue weighted by molar-refractivity contribution is -0.0689. The number of amides is 1. The van der Waals surface area contributed by atoms with Crippen molar-refractivity contribution in [2.24, 2.45) is 0 Å². The van der Waals surface area contributed by atoms with E-state index in [0.29, 0.717) is 29.7 Å². The molecule has 2 aromatic carbocycles. The van der Waals surface area contributed by atoms with Crippen molar-refractivity contribution in [3.8, 4) is 11.3 Å². The van der Waals surface area contributed by atoms with E-state index >= 15 is 0 Å². The first-order chi connectivity index (χ1) is 17.2. The van der Waals surface area contributed by atoms with Gasteiger partial charge >= 0.3 is 12.3 Å². The number of ether oxygens (including phenoxy) is 1. The molecular formula is C28H28F4N2O2. The van der Waals surface area contributed by atoms with Gasteiger partial charge in [-0.25, -0.2) is 14.2 Å². The van der Waals surface area contributed by atoms with Gasteiger partial charge < -0.3 is 10.1 Å². The van der Waals surface area contributed by atoms with Gasteiger partial charge in [0.05, 0.1) is 17.0 Å². The Bertz CT molecular complexity index is 1160. The molecule has 1 unspecified atom stereocenters. The number of hydrogen-bond acceptors (Lipinski definition) is 3. The fraction of sp³-hybridized carbons (Fsp3) is 0.286. The molecule has 0 aliphatic heterocycles. The number of alkyl halides is 3. The van der Waals surface area contributed by atoms with Gasteiger partial charge in [-0.1, -0.05) is 50.3 Å². The van der Waals surface area contributed by atoms with E-state index in [4.69, 9.17) is 4.74 Å². The second-order valence-corrected chi connectivity index (χ2v) is 8.42. The van der Waals surface area contributed by atoms with Gasteiger partial charge in [-0.3, -0.25) is 0 Å². The molecule has 8 heteroatoms. The van der Waals surface area contributed by atoms with Crippen LogP contribution in [0.2, 0.25) is 0 Å². The maximum atomic E-state index is 13.4. The van der Waals surface area contributed by atoms with Crippen LogP contribution >= 0.6 is 0 Å². The normalized spacial score (nSPS) is 12.1. The van der Waals surface area contributed by atoms with E-state index in [1.165, 1.54) is 30.3 Å². The van der Waals surface area contributed by atoms with E-state index < -0.39 is 23.7 Å². The summed E-state index contributed by atoms with van der Waals surface area (Å²) in [7, 11) is 0. The van der Waals surface area contributed by atoms with Crippen molar-refractivity contribution >= 4 is 11.7 Å². The van der Waals surface area contributed by atoms with Crippen LogP contribution in [0.1, 0.15) is 48.9 Å². The summed E-state index contributed by atoms with van der Waals surface area (Å²) in [5.41, 5.74) is 0.961. The molecule has 3 rings (SSSR count). The third-order valence-corrected chi connectivity index (χ3v) is 5.72. The lowest BCUT2D eigenvalue weighted by Crippen LogP contribution is -2.26. The number of pyridine rings is 1. The molecule has 1 aromatic heterocycles. The number of hydrogen-bond donors (Lipinski definition) is 1. The standard InChI is InChI=1S/C28H28F4N2O2/c1-3-7-21(14-15-33-27(35)36-18-20-8-5-4-6-9-20)23-16-25(19(2)28(30,31)32)34-26(17-23)22-10-12-24(29)13-11-22/h4-6,8-13,16-17,21H,2-3,7,14-15,18H2,1H3,(H,33,35). The van der Waals surface area contributed by atoms with Crippen molar-refractivity contribution in [2.45, 2.75) is 44.9 Å². The molecule has 0 aliphatic carbocycles. The smallest absolute Gasteiger partial charge is 0.417 e. The first-order valence-corrected chi connectivity index (χ1v) is 11.7. The first-order valence-electron chi connectivity index (χ1n) is 11.7. The highest BCUT2D eigenvalue weighted by atomic mass is 19.4. The van der Waals surface area contributed by atoms with E-state index in [1.807, 2.05) is 37.3 Å². The number of rotatable bonds is 10. The van der Waals surface area contributed by atoms with Crippen molar-refractivity contribution in [1.29, 1.82) is 0 Å². The maximum absolute atomic E-state index is 13.4. The largest absolute Gasteiger partial charge is 0.445 e. The van der Waals surface area contributed by atoms with Gasteiger partial charge in [0, 0.05) is 12.1 Å². The number of benzene rings is 2. The van der Waals surface area contributed by atoms with Crippen LogP contribution in [0.3, 0.4) is 0 Å². The average molecular weight is 501 g/mol. The Morgan fingerprint density at radius 2 is 1.75 bits per heavy atom. The predicted molar refractivity (Wildman–Crippen MR) is 132 cm³/mol. The molecule has 1 heterocycles. The summed E-state index contributed by atoms with van der Waals surface area (Å²) in [5, 5.41) is 2.71. The summed E-state index contributed by atoms with van der Waals surface area (Å²) in [6, 6.07) is 17.8. The zero-order valence-corrected chi connectivity index (χ0v) is 19.9. The minimum Gasteiger partial charge on any atom is -0.445 e. The Morgan fingerprint density at radius 1 is 1.06 bits per heavy atom. The van der Waals surface area contributed by atoms with Crippen molar-refractivity contribution in [3.63, 3.8) is 0 Å². The molecule has 0 saturated heterocycles. The first kappa shape index (κ1) is 26.9. The Labute approximate surface area is 208 Å². The van der Waals surface area contributed by atoms with Crippen molar-refractivity contribution in [1.82, 2.24) is 10.3 Å². The highest BCUT2D eigenvalue weighted by Crippen LogP contribution is 2.35. The van der Waals surface area contributed by atoms with Crippen LogP contribution in [-0.2, 0) is 11.3 Å². The molecule has 36 heavy (non-hydrogen) atoms. The third kappa shape index (κ3) is 7.66. The fourth-order valence-corrected chi connectivity index (χ4v) is 3.80. The third-order valence-electron chi connectivity index (χ3n) is 5.72. The Balaban J connectivity index is 1.77. The Morgan fingerprint density at radius 3 is 2.39 bits per heavy atom. The summed E-state index contributed by atoms with van der Waals surface area (Å²) in [6.07, 6.45) is -3.25.